The molecule has 0 fully saturated rings. The topological polar surface area (TPSA) is 90.9 Å². The van der Waals surface area contributed by atoms with Gasteiger partial charge in [-0.3, -0.25) is 14.4 Å². The van der Waals surface area contributed by atoms with E-state index in [1.165, 1.54) is 16.0 Å². The third kappa shape index (κ3) is 5.03. The first-order valence-electron chi connectivity index (χ1n) is 12.6. The summed E-state index contributed by atoms with van der Waals surface area (Å²) in [6, 6.07) is 24.5. The zero-order valence-electron chi connectivity index (χ0n) is 21.0. The summed E-state index contributed by atoms with van der Waals surface area (Å²) < 4.78 is 0. The van der Waals surface area contributed by atoms with Gasteiger partial charge in [0.1, 0.15) is 6.04 Å². The maximum atomic E-state index is 13.3. The monoisotopic (exact) mass is 494 g/mol. The Morgan fingerprint density at radius 3 is 2.41 bits per heavy atom. The molecule has 7 nitrogen and oxygen atoms in total. The van der Waals surface area contributed by atoms with Crippen molar-refractivity contribution in [3.05, 3.63) is 101 Å². The Balaban J connectivity index is 1.33. The maximum Gasteiger partial charge on any atom is 0.272 e. The third-order valence-electron chi connectivity index (χ3n) is 7.14. The van der Waals surface area contributed by atoms with E-state index in [2.05, 4.69) is 22.8 Å². The van der Waals surface area contributed by atoms with Crippen molar-refractivity contribution < 1.29 is 14.4 Å². The molecule has 1 heterocycles. The molecule has 3 aromatic rings. The van der Waals surface area contributed by atoms with Crippen molar-refractivity contribution in [3.8, 4) is 0 Å². The predicted molar refractivity (Wildman–Crippen MR) is 143 cm³/mol. The van der Waals surface area contributed by atoms with Gasteiger partial charge in [-0.2, -0.15) is 0 Å². The van der Waals surface area contributed by atoms with E-state index in [0.29, 0.717) is 17.8 Å². The zero-order chi connectivity index (χ0) is 25.9. The standard InChI is InChI=1S/C30H30N4O3/c1-19(31-29(36)23-17-16-20-10-6-7-13-22(20)18-23)28(35)33-27-30(37)34(2)25-15-9-8-14-24(25)26(32-27)21-11-4-3-5-12-21/h3-15,19,23,27H,16-18H2,1-2H3,(H,31,36)(H,33,35)/t19-,23?,27?/m0/s1. The molecule has 0 aromatic heterocycles. The van der Waals surface area contributed by atoms with Crippen LogP contribution in [0.5, 0.6) is 0 Å². The highest BCUT2D eigenvalue weighted by Gasteiger charge is 2.33. The number of para-hydroxylation sites is 1. The zero-order valence-corrected chi connectivity index (χ0v) is 21.0. The van der Waals surface area contributed by atoms with Gasteiger partial charge in [-0.15, -0.1) is 0 Å². The molecular formula is C30H30N4O3. The Hall–Kier alpha value is -4.26. The largest absolute Gasteiger partial charge is 0.344 e. The Labute approximate surface area is 216 Å². The fourth-order valence-electron chi connectivity index (χ4n) is 5.02. The Bertz CT molecular complexity index is 1370. The Morgan fingerprint density at radius 2 is 1.62 bits per heavy atom. The summed E-state index contributed by atoms with van der Waals surface area (Å²) >= 11 is 0. The van der Waals surface area contributed by atoms with Crippen LogP contribution in [0, 0.1) is 5.92 Å². The van der Waals surface area contributed by atoms with Crippen LogP contribution in [0.4, 0.5) is 5.69 Å². The molecule has 2 aliphatic rings. The normalized spacial score (nSPS) is 19.6. The highest BCUT2D eigenvalue weighted by Crippen LogP contribution is 2.28. The lowest BCUT2D eigenvalue weighted by Gasteiger charge is -2.26. The van der Waals surface area contributed by atoms with Gasteiger partial charge in [0.15, 0.2) is 0 Å². The highest BCUT2D eigenvalue weighted by atomic mass is 16.2. The summed E-state index contributed by atoms with van der Waals surface area (Å²) in [4.78, 5) is 45.7. The smallest absolute Gasteiger partial charge is 0.272 e. The van der Waals surface area contributed by atoms with Gasteiger partial charge >= 0.3 is 0 Å². The van der Waals surface area contributed by atoms with Crippen LogP contribution in [-0.4, -0.2) is 42.7 Å². The minimum atomic E-state index is -1.12. The van der Waals surface area contributed by atoms with Gasteiger partial charge in [0.2, 0.25) is 18.0 Å². The van der Waals surface area contributed by atoms with Crippen molar-refractivity contribution in [1.29, 1.82) is 0 Å². The maximum absolute atomic E-state index is 13.3. The Kier molecular flexibility index (Phi) is 6.86. The lowest BCUT2D eigenvalue weighted by molar-refractivity contribution is -0.132. The van der Waals surface area contributed by atoms with Crippen LogP contribution in [0.15, 0.2) is 83.9 Å². The molecule has 2 N–H and O–H groups in total. The van der Waals surface area contributed by atoms with Crippen molar-refractivity contribution in [1.82, 2.24) is 10.6 Å². The van der Waals surface area contributed by atoms with Crippen LogP contribution in [0.2, 0.25) is 0 Å². The number of carbonyl (C=O) groups excluding carboxylic acids is 3. The summed E-state index contributed by atoms with van der Waals surface area (Å²) in [5, 5.41) is 5.61. The van der Waals surface area contributed by atoms with Crippen LogP contribution in [0.1, 0.15) is 35.6 Å². The van der Waals surface area contributed by atoms with Crippen molar-refractivity contribution in [3.63, 3.8) is 0 Å². The molecular weight excluding hydrogens is 464 g/mol. The SMILES string of the molecule is C[C@H](NC(=O)C1CCc2ccccc2C1)C(=O)NC1N=C(c2ccccc2)c2ccccc2N(C)C1=O. The molecule has 188 valence electrons. The first-order chi connectivity index (χ1) is 17.9. The fourth-order valence-corrected chi connectivity index (χ4v) is 5.02. The number of benzene rings is 3. The van der Waals surface area contributed by atoms with Gasteiger partial charge in [0.05, 0.1) is 11.4 Å². The quantitative estimate of drug-likeness (QED) is 0.571. The number of carbonyl (C=O) groups is 3. The minimum Gasteiger partial charge on any atom is -0.344 e. The summed E-state index contributed by atoms with van der Waals surface area (Å²) in [6.07, 6.45) is 1.12. The summed E-state index contributed by atoms with van der Waals surface area (Å²) in [7, 11) is 1.68. The second kappa shape index (κ2) is 10.4. The second-order valence-electron chi connectivity index (χ2n) is 9.61. The van der Waals surface area contributed by atoms with Crippen LogP contribution < -0.4 is 15.5 Å². The van der Waals surface area contributed by atoms with E-state index in [-0.39, 0.29) is 17.7 Å². The van der Waals surface area contributed by atoms with E-state index < -0.39 is 18.1 Å². The molecule has 1 aliphatic carbocycles. The summed E-state index contributed by atoms with van der Waals surface area (Å²) in [6.45, 7) is 1.63. The summed E-state index contributed by atoms with van der Waals surface area (Å²) in [5.41, 5.74) is 5.45. The fraction of sp³-hybridized carbons (Fsp3) is 0.267. The van der Waals surface area contributed by atoms with Crippen LogP contribution in [0.25, 0.3) is 0 Å². The number of aliphatic imine (C=N–C) groups is 1. The number of benzodiazepines with no additional fused rings is 1. The number of fused-ring (bicyclic) bond motifs is 2. The molecule has 2 unspecified atom stereocenters. The third-order valence-corrected chi connectivity index (χ3v) is 7.14. The van der Waals surface area contributed by atoms with Gasteiger partial charge in [-0.1, -0.05) is 72.8 Å². The molecule has 3 amide bonds. The number of rotatable bonds is 5. The molecule has 0 saturated heterocycles. The van der Waals surface area contributed by atoms with Crippen LogP contribution in [0.3, 0.4) is 0 Å². The molecule has 5 rings (SSSR count). The number of aryl methyl sites for hydroxylation is 1. The van der Waals surface area contributed by atoms with Crippen LogP contribution in [-0.2, 0) is 27.2 Å². The lowest BCUT2D eigenvalue weighted by Crippen LogP contribution is -2.53. The molecule has 3 aromatic carbocycles. The second-order valence-corrected chi connectivity index (χ2v) is 9.61. The predicted octanol–water partition coefficient (Wildman–Crippen LogP) is 3.25. The van der Waals surface area contributed by atoms with Crippen molar-refractivity contribution >= 4 is 29.1 Å². The number of anilines is 1. The van der Waals surface area contributed by atoms with Gasteiger partial charge in [0, 0.05) is 24.1 Å². The molecule has 0 spiro atoms. The number of amides is 3. The lowest BCUT2D eigenvalue weighted by atomic mass is 9.83. The molecule has 1 aliphatic heterocycles. The number of nitrogens with one attached hydrogen (secondary N) is 2. The molecule has 0 radical (unpaired) electrons. The average Bonchev–Trinajstić information content (AvgIpc) is 3.03. The first-order valence-corrected chi connectivity index (χ1v) is 12.6. The molecule has 0 bridgehead atoms. The number of hydrogen-bond acceptors (Lipinski definition) is 4. The first kappa shape index (κ1) is 24.4. The number of nitrogens with zero attached hydrogens (tertiary/aromatic N) is 2. The van der Waals surface area contributed by atoms with E-state index in [4.69, 9.17) is 4.99 Å². The van der Waals surface area contributed by atoms with E-state index >= 15 is 0 Å². The minimum absolute atomic E-state index is 0.151. The molecule has 37 heavy (non-hydrogen) atoms. The molecule has 7 heteroatoms. The van der Waals surface area contributed by atoms with Gasteiger partial charge < -0.3 is 15.5 Å². The van der Waals surface area contributed by atoms with Gasteiger partial charge in [0.25, 0.3) is 5.91 Å². The van der Waals surface area contributed by atoms with Crippen molar-refractivity contribution in [2.24, 2.45) is 10.9 Å². The molecule has 3 atom stereocenters. The van der Waals surface area contributed by atoms with E-state index in [9.17, 15) is 14.4 Å². The average molecular weight is 495 g/mol. The van der Waals surface area contributed by atoms with E-state index in [0.717, 1.165) is 24.0 Å². The highest BCUT2D eigenvalue weighted by molar-refractivity contribution is 6.20. The van der Waals surface area contributed by atoms with Crippen molar-refractivity contribution in [2.75, 3.05) is 11.9 Å². The summed E-state index contributed by atoms with van der Waals surface area (Å²) in [5.74, 6) is -1.15. The van der Waals surface area contributed by atoms with Crippen LogP contribution >= 0.6 is 0 Å². The Morgan fingerprint density at radius 1 is 0.946 bits per heavy atom. The van der Waals surface area contributed by atoms with Gasteiger partial charge in [-0.25, -0.2) is 4.99 Å². The van der Waals surface area contributed by atoms with E-state index in [1.54, 1.807) is 14.0 Å². The van der Waals surface area contributed by atoms with Crippen molar-refractivity contribution in [2.45, 2.75) is 38.4 Å². The number of likely N-dealkylation sites (N-methyl/N-ethyl adjacent to an activating group) is 1. The van der Waals surface area contributed by atoms with Gasteiger partial charge in [-0.05, 0) is 43.4 Å². The number of hydrogen-bond donors (Lipinski definition) is 2. The molecule has 0 saturated carbocycles. The van der Waals surface area contributed by atoms with E-state index in [1.807, 2.05) is 66.7 Å².